The van der Waals surface area contributed by atoms with Gasteiger partial charge < -0.3 is 9.47 Å². The molecule has 0 spiro atoms. The molecule has 0 saturated carbocycles. The monoisotopic (exact) mass is 357 g/mol. The van der Waals surface area contributed by atoms with Gasteiger partial charge in [-0.15, -0.1) is 11.3 Å². The van der Waals surface area contributed by atoms with Crippen molar-refractivity contribution in [2.24, 2.45) is 5.10 Å². The molecular weight excluding hydrogens is 338 g/mol. The molecule has 2 aromatic heterocycles. The third-order valence-corrected chi connectivity index (χ3v) is 4.84. The van der Waals surface area contributed by atoms with Crippen molar-refractivity contribution in [1.29, 1.82) is 0 Å². The molecule has 0 fully saturated rings. The van der Waals surface area contributed by atoms with E-state index in [1.807, 2.05) is 31.2 Å². The van der Waals surface area contributed by atoms with Crippen LogP contribution in [0.4, 0.5) is 0 Å². The maximum Gasteiger partial charge on any atom is 0.282 e. The van der Waals surface area contributed by atoms with Crippen LogP contribution in [-0.4, -0.2) is 29.6 Å². The molecule has 3 aromatic rings. The summed E-state index contributed by atoms with van der Waals surface area (Å²) in [4.78, 5) is 18.7. The fourth-order valence-electron chi connectivity index (χ4n) is 2.39. The van der Waals surface area contributed by atoms with Gasteiger partial charge >= 0.3 is 0 Å². The van der Waals surface area contributed by atoms with Gasteiger partial charge in [-0.2, -0.15) is 9.78 Å². The maximum absolute atomic E-state index is 12.5. The van der Waals surface area contributed by atoms with Crippen molar-refractivity contribution in [2.45, 2.75) is 20.3 Å². The fraction of sp³-hybridized carbons (Fsp3) is 0.278. The molecule has 0 unspecified atom stereocenters. The van der Waals surface area contributed by atoms with Gasteiger partial charge in [-0.1, -0.05) is 6.92 Å². The predicted octanol–water partition coefficient (Wildman–Crippen LogP) is 3.31. The molecule has 0 atom stereocenters. The summed E-state index contributed by atoms with van der Waals surface area (Å²) >= 11 is 1.54. The summed E-state index contributed by atoms with van der Waals surface area (Å²) in [5.74, 6) is 1.30. The highest BCUT2D eigenvalue weighted by Crippen LogP contribution is 2.27. The average molecular weight is 357 g/mol. The molecule has 0 radical (unpaired) electrons. The summed E-state index contributed by atoms with van der Waals surface area (Å²) in [6.45, 7) is 4.50. The summed E-state index contributed by atoms with van der Waals surface area (Å²) in [7, 11) is 1.59. The first-order valence-electron chi connectivity index (χ1n) is 8.01. The lowest BCUT2D eigenvalue weighted by atomic mass is 10.2. The van der Waals surface area contributed by atoms with E-state index < -0.39 is 0 Å². The molecule has 0 aliphatic rings. The molecule has 6 nitrogen and oxygen atoms in total. The van der Waals surface area contributed by atoms with Crippen molar-refractivity contribution in [3.05, 3.63) is 51.4 Å². The van der Waals surface area contributed by atoms with Gasteiger partial charge in [0.05, 0.1) is 25.3 Å². The molecule has 0 saturated heterocycles. The molecule has 0 N–H and O–H groups in total. The summed E-state index contributed by atoms with van der Waals surface area (Å²) in [5, 5.41) is 4.85. The normalized spacial score (nSPS) is 11.3. The van der Waals surface area contributed by atoms with Gasteiger partial charge in [0.2, 0.25) is 0 Å². The van der Waals surface area contributed by atoms with E-state index in [4.69, 9.17) is 9.47 Å². The van der Waals surface area contributed by atoms with Gasteiger partial charge in [-0.3, -0.25) is 4.79 Å². The van der Waals surface area contributed by atoms with E-state index in [2.05, 4.69) is 17.0 Å². The number of aryl methyl sites for hydroxylation is 1. The number of hydrogen-bond acceptors (Lipinski definition) is 6. The van der Waals surface area contributed by atoms with Crippen LogP contribution in [0.25, 0.3) is 10.2 Å². The molecule has 3 rings (SSSR count). The number of ether oxygens (including phenoxy) is 2. The Labute approximate surface area is 149 Å². The molecule has 2 heterocycles. The Morgan fingerprint density at radius 1 is 1.28 bits per heavy atom. The lowest BCUT2D eigenvalue weighted by Gasteiger charge is -2.09. The predicted molar refractivity (Wildman–Crippen MR) is 100 cm³/mol. The molecule has 0 aliphatic carbocycles. The highest BCUT2D eigenvalue weighted by atomic mass is 32.1. The number of fused-ring (bicyclic) bond motifs is 1. The molecule has 0 aliphatic heterocycles. The molecule has 130 valence electrons. The van der Waals surface area contributed by atoms with Crippen LogP contribution in [0.2, 0.25) is 0 Å². The van der Waals surface area contributed by atoms with Crippen molar-refractivity contribution in [3.63, 3.8) is 0 Å². The van der Waals surface area contributed by atoms with E-state index in [0.29, 0.717) is 23.5 Å². The van der Waals surface area contributed by atoms with Gasteiger partial charge in [0.25, 0.3) is 5.56 Å². The van der Waals surface area contributed by atoms with Gasteiger partial charge in [-0.05, 0) is 43.2 Å². The van der Waals surface area contributed by atoms with Crippen molar-refractivity contribution in [3.8, 4) is 11.5 Å². The van der Waals surface area contributed by atoms with Crippen molar-refractivity contribution in [1.82, 2.24) is 9.66 Å². The van der Waals surface area contributed by atoms with Crippen molar-refractivity contribution in [2.75, 3.05) is 13.7 Å². The van der Waals surface area contributed by atoms with E-state index in [1.165, 1.54) is 22.3 Å². The smallest absolute Gasteiger partial charge is 0.282 e. The SMILES string of the molecule is CCOc1cc(/C=N\n2cnc3sc(CC)cc3c2=O)ccc1OC. The Morgan fingerprint density at radius 2 is 2.12 bits per heavy atom. The van der Waals surface area contributed by atoms with Crippen LogP contribution >= 0.6 is 11.3 Å². The second-order valence-electron chi connectivity index (χ2n) is 5.27. The van der Waals surface area contributed by atoms with Crippen LogP contribution in [0.15, 0.2) is 40.5 Å². The summed E-state index contributed by atoms with van der Waals surface area (Å²) < 4.78 is 12.1. The Morgan fingerprint density at radius 3 is 2.84 bits per heavy atom. The van der Waals surface area contributed by atoms with E-state index in [-0.39, 0.29) is 5.56 Å². The zero-order valence-electron chi connectivity index (χ0n) is 14.4. The van der Waals surface area contributed by atoms with Crippen LogP contribution < -0.4 is 15.0 Å². The summed E-state index contributed by atoms with van der Waals surface area (Å²) in [6, 6.07) is 7.37. The number of methoxy groups -OCH3 is 1. The van der Waals surface area contributed by atoms with Crippen LogP contribution in [-0.2, 0) is 6.42 Å². The first-order chi connectivity index (χ1) is 12.2. The van der Waals surface area contributed by atoms with Crippen molar-refractivity contribution < 1.29 is 9.47 Å². The lowest BCUT2D eigenvalue weighted by Crippen LogP contribution is -2.16. The molecule has 0 amide bonds. The number of benzene rings is 1. The lowest BCUT2D eigenvalue weighted by molar-refractivity contribution is 0.311. The van der Waals surface area contributed by atoms with Crippen molar-refractivity contribution >= 4 is 27.8 Å². The van der Waals surface area contributed by atoms with Gasteiger partial charge in [-0.25, -0.2) is 4.98 Å². The number of nitrogens with zero attached hydrogens (tertiary/aromatic N) is 3. The third-order valence-electron chi connectivity index (χ3n) is 3.65. The van der Waals surface area contributed by atoms with Crippen LogP contribution in [0.3, 0.4) is 0 Å². The zero-order chi connectivity index (χ0) is 17.8. The second kappa shape index (κ2) is 7.48. The van der Waals surface area contributed by atoms with Gasteiger partial charge in [0.1, 0.15) is 11.2 Å². The maximum atomic E-state index is 12.5. The number of thiophene rings is 1. The van der Waals surface area contributed by atoms with Crippen LogP contribution in [0.1, 0.15) is 24.3 Å². The minimum atomic E-state index is -0.171. The summed E-state index contributed by atoms with van der Waals surface area (Å²) in [6.07, 6.45) is 3.93. The molecular formula is C18H19N3O3S. The molecule has 0 bridgehead atoms. The standard InChI is InChI=1S/C18H19N3O3S/c1-4-13-9-14-17(25-13)19-11-21(18(14)22)20-10-12-6-7-15(23-3)16(8-12)24-5-2/h6-11H,4-5H2,1-3H3/b20-10-. The fourth-order valence-corrected chi connectivity index (χ4v) is 3.32. The summed E-state index contributed by atoms with van der Waals surface area (Å²) in [5.41, 5.74) is 0.631. The quantitative estimate of drug-likeness (QED) is 0.635. The average Bonchev–Trinajstić information content (AvgIpc) is 3.06. The topological polar surface area (TPSA) is 65.7 Å². The zero-order valence-corrected chi connectivity index (χ0v) is 15.2. The Kier molecular flexibility index (Phi) is 5.14. The van der Waals surface area contributed by atoms with E-state index in [9.17, 15) is 4.79 Å². The van der Waals surface area contributed by atoms with Gasteiger partial charge in [0, 0.05) is 4.88 Å². The molecule has 25 heavy (non-hydrogen) atoms. The highest BCUT2D eigenvalue weighted by Gasteiger charge is 2.08. The highest BCUT2D eigenvalue weighted by molar-refractivity contribution is 7.18. The minimum absolute atomic E-state index is 0.171. The van der Waals surface area contributed by atoms with Crippen LogP contribution in [0, 0.1) is 0 Å². The Balaban J connectivity index is 1.94. The molecule has 1 aromatic carbocycles. The van der Waals surface area contributed by atoms with E-state index >= 15 is 0 Å². The Bertz CT molecular complexity index is 975. The van der Waals surface area contributed by atoms with Gasteiger partial charge in [0.15, 0.2) is 11.5 Å². The Hall–Kier alpha value is -2.67. The second-order valence-corrected chi connectivity index (χ2v) is 6.38. The minimum Gasteiger partial charge on any atom is -0.493 e. The van der Waals surface area contributed by atoms with E-state index in [1.54, 1.807) is 13.3 Å². The van der Waals surface area contributed by atoms with E-state index in [0.717, 1.165) is 21.7 Å². The number of hydrogen-bond donors (Lipinski definition) is 0. The first-order valence-corrected chi connectivity index (χ1v) is 8.83. The van der Waals surface area contributed by atoms with Crippen LogP contribution in [0.5, 0.6) is 11.5 Å². The first kappa shape index (κ1) is 17.2. The number of rotatable bonds is 6. The largest absolute Gasteiger partial charge is 0.493 e. The third kappa shape index (κ3) is 3.56. The molecule has 7 heteroatoms. The number of aromatic nitrogens is 2.